The van der Waals surface area contributed by atoms with Gasteiger partial charge < -0.3 is 14.6 Å². The molecule has 0 radical (unpaired) electrons. The van der Waals surface area contributed by atoms with E-state index in [-0.39, 0.29) is 6.61 Å². The fourth-order valence-corrected chi connectivity index (χ4v) is 1.52. The van der Waals surface area contributed by atoms with Gasteiger partial charge in [-0.2, -0.15) is 0 Å². The van der Waals surface area contributed by atoms with Gasteiger partial charge in [0.2, 0.25) is 0 Å². The number of aliphatic hydroxyl groups excluding tert-OH is 1. The quantitative estimate of drug-likeness (QED) is 0.331. The topological polar surface area (TPSA) is 38.7 Å². The molecule has 0 aliphatic rings. The maximum absolute atomic E-state index is 8.50. The molecule has 0 fully saturated rings. The van der Waals surface area contributed by atoms with Crippen molar-refractivity contribution in [1.29, 1.82) is 0 Å². The zero-order valence-electron chi connectivity index (χ0n) is 11.7. The average Bonchev–Trinajstić information content (AvgIpc) is 2.39. The van der Waals surface area contributed by atoms with Gasteiger partial charge in [0.25, 0.3) is 0 Å². The van der Waals surface area contributed by atoms with E-state index < -0.39 is 0 Å². The standard InChI is InChI=1S/C15H28O3/c1-2-3-4-5-7-10-13-17-15-18-14-11-8-6-9-12-16/h16H,2-5,7,9-15H2,1H3. The van der Waals surface area contributed by atoms with Crippen LogP contribution < -0.4 is 0 Å². The fourth-order valence-electron chi connectivity index (χ4n) is 1.52. The third-order valence-electron chi connectivity index (χ3n) is 2.54. The molecule has 3 heteroatoms. The first-order valence-corrected chi connectivity index (χ1v) is 7.14. The normalized spacial score (nSPS) is 10.1. The third-order valence-corrected chi connectivity index (χ3v) is 2.54. The van der Waals surface area contributed by atoms with Gasteiger partial charge in [0.05, 0.1) is 13.2 Å². The van der Waals surface area contributed by atoms with Crippen LogP contribution in [0, 0.1) is 11.8 Å². The molecule has 0 aliphatic carbocycles. The first kappa shape index (κ1) is 17.4. The van der Waals surface area contributed by atoms with Crippen molar-refractivity contribution in [2.75, 3.05) is 26.6 Å². The molecule has 0 aromatic heterocycles. The Morgan fingerprint density at radius 1 is 0.833 bits per heavy atom. The third kappa shape index (κ3) is 15.4. The molecule has 0 amide bonds. The average molecular weight is 256 g/mol. The Bertz CT molecular complexity index is 206. The van der Waals surface area contributed by atoms with E-state index in [2.05, 4.69) is 18.8 Å². The van der Waals surface area contributed by atoms with Gasteiger partial charge in [-0.1, -0.05) is 39.0 Å². The summed E-state index contributed by atoms with van der Waals surface area (Å²) in [7, 11) is 0. The lowest BCUT2D eigenvalue weighted by Gasteiger charge is -2.04. The van der Waals surface area contributed by atoms with Crippen LogP contribution in [0.25, 0.3) is 0 Å². The van der Waals surface area contributed by atoms with Crippen LogP contribution in [0.4, 0.5) is 0 Å². The fraction of sp³-hybridized carbons (Fsp3) is 0.867. The Kier molecular flexibility index (Phi) is 15.9. The molecule has 0 aromatic rings. The van der Waals surface area contributed by atoms with Gasteiger partial charge in [-0.15, -0.1) is 11.8 Å². The highest BCUT2D eigenvalue weighted by Gasteiger charge is 1.91. The Labute approximate surface area is 112 Å². The van der Waals surface area contributed by atoms with Crippen LogP contribution in [0.2, 0.25) is 0 Å². The summed E-state index contributed by atoms with van der Waals surface area (Å²) < 4.78 is 10.6. The van der Waals surface area contributed by atoms with E-state index in [1.54, 1.807) is 0 Å². The Balaban J connectivity index is 2.97. The number of aliphatic hydroxyl groups is 1. The van der Waals surface area contributed by atoms with Crippen LogP contribution in [0.3, 0.4) is 0 Å². The minimum atomic E-state index is 0.134. The molecule has 0 atom stereocenters. The molecule has 0 rings (SSSR count). The number of rotatable bonds is 12. The smallest absolute Gasteiger partial charge is 0.146 e. The molecule has 106 valence electrons. The van der Waals surface area contributed by atoms with E-state index in [0.717, 1.165) is 13.0 Å². The van der Waals surface area contributed by atoms with Crippen LogP contribution in [-0.4, -0.2) is 31.7 Å². The van der Waals surface area contributed by atoms with E-state index in [9.17, 15) is 0 Å². The van der Waals surface area contributed by atoms with Crippen LogP contribution in [0.15, 0.2) is 0 Å². The van der Waals surface area contributed by atoms with Crippen molar-refractivity contribution in [2.45, 2.75) is 58.3 Å². The van der Waals surface area contributed by atoms with Crippen LogP contribution in [-0.2, 0) is 9.47 Å². The van der Waals surface area contributed by atoms with E-state index in [0.29, 0.717) is 26.2 Å². The van der Waals surface area contributed by atoms with Gasteiger partial charge in [0.15, 0.2) is 0 Å². The molecule has 0 aliphatic heterocycles. The highest BCUT2D eigenvalue weighted by atomic mass is 16.7. The lowest BCUT2D eigenvalue weighted by atomic mass is 10.1. The van der Waals surface area contributed by atoms with Crippen molar-refractivity contribution in [3.63, 3.8) is 0 Å². The van der Waals surface area contributed by atoms with E-state index in [4.69, 9.17) is 14.6 Å². The summed E-state index contributed by atoms with van der Waals surface area (Å²) in [5.74, 6) is 5.78. The van der Waals surface area contributed by atoms with E-state index in [1.165, 1.54) is 32.1 Å². The largest absolute Gasteiger partial charge is 0.395 e. The summed E-state index contributed by atoms with van der Waals surface area (Å²) in [5.41, 5.74) is 0. The lowest BCUT2D eigenvalue weighted by Crippen LogP contribution is -2.02. The van der Waals surface area contributed by atoms with Crippen LogP contribution in [0.1, 0.15) is 58.3 Å². The molecule has 1 N–H and O–H groups in total. The summed E-state index contributed by atoms with van der Waals surface area (Å²) in [6.45, 7) is 4.14. The molecule has 0 unspecified atom stereocenters. The minimum absolute atomic E-state index is 0.134. The molecule has 0 bridgehead atoms. The summed E-state index contributed by atoms with van der Waals surface area (Å²) in [6.07, 6.45) is 8.95. The maximum Gasteiger partial charge on any atom is 0.146 e. The van der Waals surface area contributed by atoms with Gasteiger partial charge in [-0.3, -0.25) is 0 Å². The first-order chi connectivity index (χ1) is 8.91. The van der Waals surface area contributed by atoms with Crippen molar-refractivity contribution in [1.82, 2.24) is 0 Å². The van der Waals surface area contributed by atoms with Crippen LogP contribution >= 0.6 is 0 Å². The Morgan fingerprint density at radius 3 is 2.28 bits per heavy atom. The van der Waals surface area contributed by atoms with Crippen molar-refractivity contribution in [2.24, 2.45) is 0 Å². The van der Waals surface area contributed by atoms with Gasteiger partial charge in [0, 0.05) is 19.4 Å². The molecule has 0 heterocycles. The number of hydrogen-bond donors (Lipinski definition) is 1. The maximum atomic E-state index is 8.50. The number of ether oxygens (including phenoxy) is 2. The minimum Gasteiger partial charge on any atom is -0.395 e. The van der Waals surface area contributed by atoms with Gasteiger partial charge in [0.1, 0.15) is 6.79 Å². The van der Waals surface area contributed by atoms with Crippen molar-refractivity contribution < 1.29 is 14.6 Å². The number of hydrogen-bond acceptors (Lipinski definition) is 3. The molecule has 0 aromatic carbocycles. The number of unbranched alkanes of at least 4 members (excludes halogenated alkanes) is 5. The SMILES string of the molecule is CCCCCCCCOCOCCC#CCCO. The first-order valence-electron chi connectivity index (χ1n) is 7.14. The molecule has 0 saturated heterocycles. The predicted octanol–water partition coefficient (Wildman–Crippen LogP) is 3.11. The van der Waals surface area contributed by atoms with E-state index >= 15 is 0 Å². The molecule has 0 saturated carbocycles. The molecule has 0 spiro atoms. The van der Waals surface area contributed by atoms with E-state index in [1.807, 2.05) is 0 Å². The molecule has 18 heavy (non-hydrogen) atoms. The monoisotopic (exact) mass is 256 g/mol. The second kappa shape index (κ2) is 16.4. The van der Waals surface area contributed by atoms with Crippen molar-refractivity contribution >= 4 is 0 Å². The summed E-state index contributed by atoms with van der Waals surface area (Å²) in [6, 6.07) is 0. The predicted molar refractivity (Wildman–Crippen MR) is 74.2 cm³/mol. The second-order valence-electron chi connectivity index (χ2n) is 4.28. The van der Waals surface area contributed by atoms with Crippen molar-refractivity contribution in [3.05, 3.63) is 0 Å². The van der Waals surface area contributed by atoms with Crippen molar-refractivity contribution in [3.8, 4) is 11.8 Å². The second-order valence-corrected chi connectivity index (χ2v) is 4.28. The molecular formula is C15H28O3. The highest BCUT2D eigenvalue weighted by molar-refractivity contribution is 4.98. The zero-order valence-corrected chi connectivity index (χ0v) is 11.7. The lowest BCUT2D eigenvalue weighted by molar-refractivity contribution is -0.0527. The Morgan fingerprint density at radius 2 is 1.50 bits per heavy atom. The summed E-state index contributed by atoms with van der Waals surface area (Å²) in [5, 5.41) is 8.50. The van der Waals surface area contributed by atoms with Gasteiger partial charge >= 0.3 is 0 Å². The summed E-state index contributed by atoms with van der Waals surface area (Å²) in [4.78, 5) is 0. The zero-order chi connectivity index (χ0) is 13.3. The summed E-state index contributed by atoms with van der Waals surface area (Å²) >= 11 is 0. The Hall–Kier alpha value is -0.560. The highest BCUT2D eigenvalue weighted by Crippen LogP contribution is 2.04. The van der Waals surface area contributed by atoms with Gasteiger partial charge in [-0.25, -0.2) is 0 Å². The van der Waals surface area contributed by atoms with Gasteiger partial charge in [-0.05, 0) is 6.42 Å². The van der Waals surface area contributed by atoms with Crippen LogP contribution in [0.5, 0.6) is 0 Å². The molecule has 3 nitrogen and oxygen atoms in total. The molecular weight excluding hydrogens is 228 g/mol.